The minimum absolute atomic E-state index is 0.228. The SMILES string of the molecule is O=S(=O)(Nc1ccccc1)c1cnc2n1CCS2. The summed E-state index contributed by atoms with van der Waals surface area (Å²) in [6, 6.07) is 8.84. The third-order valence-corrected chi connectivity index (χ3v) is 4.98. The molecule has 1 N–H and O–H groups in total. The van der Waals surface area contributed by atoms with Gasteiger partial charge in [-0.25, -0.2) is 4.98 Å². The predicted molar refractivity (Wildman–Crippen MR) is 70.2 cm³/mol. The van der Waals surface area contributed by atoms with E-state index in [9.17, 15) is 8.42 Å². The van der Waals surface area contributed by atoms with Crippen molar-refractivity contribution < 1.29 is 8.42 Å². The number of rotatable bonds is 3. The lowest BCUT2D eigenvalue weighted by molar-refractivity contribution is 0.577. The number of imidazole rings is 1. The minimum Gasteiger partial charge on any atom is -0.308 e. The largest absolute Gasteiger partial charge is 0.308 e. The Kier molecular flexibility index (Phi) is 2.79. The molecule has 0 bridgehead atoms. The van der Waals surface area contributed by atoms with Gasteiger partial charge in [-0.1, -0.05) is 30.0 Å². The molecule has 0 atom stereocenters. The fourth-order valence-corrected chi connectivity index (χ4v) is 4.02. The van der Waals surface area contributed by atoms with Gasteiger partial charge in [0.1, 0.15) is 0 Å². The normalized spacial score (nSPS) is 14.4. The smallest absolute Gasteiger partial charge is 0.279 e. The van der Waals surface area contributed by atoms with Crippen molar-refractivity contribution in [3.8, 4) is 0 Å². The number of aromatic nitrogens is 2. The van der Waals surface area contributed by atoms with Crippen LogP contribution in [0.25, 0.3) is 0 Å². The summed E-state index contributed by atoms with van der Waals surface area (Å²) in [4.78, 5) is 4.11. The van der Waals surface area contributed by atoms with Gasteiger partial charge in [-0.15, -0.1) is 0 Å². The predicted octanol–water partition coefficient (Wildman–Crippen LogP) is 1.79. The number of nitrogens with zero attached hydrogens (tertiary/aromatic N) is 2. The molecule has 2 aromatic rings. The zero-order valence-electron chi connectivity index (χ0n) is 9.41. The van der Waals surface area contributed by atoms with Gasteiger partial charge < -0.3 is 4.57 Å². The monoisotopic (exact) mass is 281 g/mol. The molecule has 0 saturated carbocycles. The topological polar surface area (TPSA) is 64.0 Å². The summed E-state index contributed by atoms with van der Waals surface area (Å²) in [7, 11) is -3.56. The number of para-hydroxylation sites is 1. The van der Waals surface area contributed by atoms with Crippen molar-refractivity contribution >= 4 is 27.5 Å². The van der Waals surface area contributed by atoms with Crippen molar-refractivity contribution in [2.45, 2.75) is 16.7 Å². The highest BCUT2D eigenvalue weighted by Crippen LogP contribution is 2.28. The molecule has 5 nitrogen and oxygen atoms in total. The van der Waals surface area contributed by atoms with E-state index in [0.717, 1.165) is 10.9 Å². The quantitative estimate of drug-likeness (QED) is 0.931. The Labute approximate surface area is 109 Å². The zero-order chi connectivity index (χ0) is 12.6. The highest BCUT2D eigenvalue weighted by atomic mass is 32.2. The Morgan fingerprint density at radius 3 is 2.83 bits per heavy atom. The maximum Gasteiger partial charge on any atom is 0.279 e. The molecule has 0 aliphatic carbocycles. The van der Waals surface area contributed by atoms with Crippen molar-refractivity contribution in [2.24, 2.45) is 0 Å². The molecule has 0 unspecified atom stereocenters. The van der Waals surface area contributed by atoms with Crippen LogP contribution in [0.1, 0.15) is 0 Å². The van der Waals surface area contributed by atoms with Crippen molar-refractivity contribution in [3.63, 3.8) is 0 Å². The standard InChI is InChI=1S/C11H11N3O2S2/c15-18(16,13-9-4-2-1-3-5-9)10-8-12-11-14(10)6-7-17-11/h1-5,8,13H,6-7H2. The second-order valence-corrected chi connectivity index (χ2v) is 6.54. The first kappa shape index (κ1) is 11.6. The molecule has 3 rings (SSSR count). The first-order valence-corrected chi connectivity index (χ1v) is 7.90. The summed E-state index contributed by atoms with van der Waals surface area (Å²) in [6.45, 7) is 0.686. The number of hydrogen-bond acceptors (Lipinski definition) is 4. The van der Waals surface area contributed by atoms with E-state index in [1.807, 2.05) is 6.07 Å². The summed E-state index contributed by atoms with van der Waals surface area (Å²) in [5, 5.41) is 0.995. The third-order valence-electron chi connectivity index (χ3n) is 2.63. The van der Waals surface area contributed by atoms with Crippen molar-refractivity contribution in [1.29, 1.82) is 0 Å². The van der Waals surface area contributed by atoms with Crippen LogP contribution >= 0.6 is 11.8 Å². The number of sulfonamides is 1. The molecular formula is C11H11N3O2S2. The van der Waals surface area contributed by atoms with E-state index in [0.29, 0.717) is 12.2 Å². The maximum atomic E-state index is 12.2. The lowest BCUT2D eigenvalue weighted by Gasteiger charge is -2.08. The van der Waals surface area contributed by atoms with Gasteiger partial charge in [0.15, 0.2) is 10.2 Å². The van der Waals surface area contributed by atoms with Gasteiger partial charge in [-0.2, -0.15) is 8.42 Å². The molecule has 7 heteroatoms. The van der Waals surface area contributed by atoms with Crippen LogP contribution in [-0.2, 0) is 16.6 Å². The van der Waals surface area contributed by atoms with E-state index < -0.39 is 10.0 Å². The molecular weight excluding hydrogens is 270 g/mol. The lowest BCUT2D eigenvalue weighted by atomic mass is 10.3. The first-order valence-electron chi connectivity index (χ1n) is 5.43. The fourth-order valence-electron chi connectivity index (χ4n) is 1.82. The zero-order valence-corrected chi connectivity index (χ0v) is 11.0. The van der Waals surface area contributed by atoms with E-state index in [-0.39, 0.29) is 5.03 Å². The summed E-state index contributed by atoms with van der Waals surface area (Å²) < 4.78 is 28.8. The Morgan fingerprint density at radius 2 is 2.06 bits per heavy atom. The fraction of sp³-hybridized carbons (Fsp3) is 0.182. The molecule has 1 aliphatic rings. The first-order chi connectivity index (χ1) is 8.67. The van der Waals surface area contributed by atoms with Gasteiger partial charge in [0.05, 0.1) is 6.20 Å². The number of anilines is 1. The lowest BCUT2D eigenvalue weighted by Crippen LogP contribution is -2.17. The van der Waals surface area contributed by atoms with Gasteiger partial charge in [-0.05, 0) is 12.1 Å². The van der Waals surface area contributed by atoms with Gasteiger partial charge in [0.2, 0.25) is 0 Å². The summed E-state index contributed by atoms with van der Waals surface area (Å²) in [5.74, 6) is 0.872. The molecule has 0 radical (unpaired) electrons. The van der Waals surface area contributed by atoms with Crippen LogP contribution in [0, 0.1) is 0 Å². The third kappa shape index (κ3) is 1.99. The Morgan fingerprint density at radius 1 is 1.28 bits per heavy atom. The molecule has 0 fully saturated rings. The molecule has 94 valence electrons. The Hall–Kier alpha value is -1.47. The second-order valence-electron chi connectivity index (χ2n) is 3.85. The number of nitrogens with one attached hydrogen (secondary N) is 1. The van der Waals surface area contributed by atoms with Crippen LogP contribution in [0.4, 0.5) is 5.69 Å². The van der Waals surface area contributed by atoms with Crippen LogP contribution in [0.5, 0.6) is 0 Å². The minimum atomic E-state index is -3.56. The van der Waals surface area contributed by atoms with Crippen LogP contribution in [-0.4, -0.2) is 23.7 Å². The van der Waals surface area contributed by atoms with Crippen LogP contribution < -0.4 is 4.72 Å². The molecule has 1 aliphatic heterocycles. The maximum absolute atomic E-state index is 12.2. The summed E-state index contributed by atoms with van der Waals surface area (Å²) in [5.41, 5.74) is 0.554. The number of thioether (sulfide) groups is 1. The van der Waals surface area contributed by atoms with Crippen LogP contribution in [0.15, 0.2) is 46.7 Å². The number of fused-ring (bicyclic) bond motifs is 1. The molecule has 0 amide bonds. The van der Waals surface area contributed by atoms with E-state index in [1.165, 1.54) is 6.20 Å². The summed E-state index contributed by atoms with van der Waals surface area (Å²) >= 11 is 1.57. The molecule has 18 heavy (non-hydrogen) atoms. The van der Waals surface area contributed by atoms with Gasteiger partial charge in [0.25, 0.3) is 10.0 Å². The van der Waals surface area contributed by atoms with E-state index >= 15 is 0 Å². The number of hydrogen-bond donors (Lipinski definition) is 1. The van der Waals surface area contributed by atoms with Crippen LogP contribution in [0.3, 0.4) is 0 Å². The average molecular weight is 281 g/mol. The molecule has 1 aromatic heterocycles. The van der Waals surface area contributed by atoms with Gasteiger partial charge in [0, 0.05) is 18.0 Å². The van der Waals surface area contributed by atoms with E-state index in [2.05, 4.69) is 9.71 Å². The summed E-state index contributed by atoms with van der Waals surface area (Å²) in [6.07, 6.45) is 1.41. The Balaban J connectivity index is 1.95. The van der Waals surface area contributed by atoms with E-state index in [1.54, 1.807) is 40.6 Å². The molecule has 0 saturated heterocycles. The highest BCUT2D eigenvalue weighted by molar-refractivity contribution is 7.99. The number of benzene rings is 1. The van der Waals surface area contributed by atoms with Crippen molar-refractivity contribution in [3.05, 3.63) is 36.5 Å². The van der Waals surface area contributed by atoms with Gasteiger partial charge >= 0.3 is 0 Å². The average Bonchev–Trinajstić information content (AvgIpc) is 2.90. The molecule has 0 spiro atoms. The van der Waals surface area contributed by atoms with E-state index in [4.69, 9.17) is 0 Å². The molecule has 1 aromatic carbocycles. The molecule has 2 heterocycles. The van der Waals surface area contributed by atoms with Gasteiger partial charge in [-0.3, -0.25) is 4.72 Å². The van der Waals surface area contributed by atoms with Crippen molar-refractivity contribution in [2.75, 3.05) is 10.5 Å². The highest BCUT2D eigenvalue weighted by Gasteiger charge is 2.25. The Bertz CT molecular complexity index is 665. The van der Waals surface area contributed by atoms with Crippen LogP contribution in [0.2, 0.25) is 0 Å². The second kappa shape index (κ2) is 4.33. The van der Waals surface area contributed by atoms with Crippen molar-refractivity contribution in [1.82, 2.24) is 9.55 Å².